The van der Waals surface area contributed by atoms with Crippen molar-refractivity contribution in [1.82, 2.24) is 0 Å². The summed E-state index contributed by atoms with van der Waals surface area (Å²) in [5.74, 6) is -4.61. The third-order valence-corrected chi connectivity index (χ3v) is 5.88. The lowest BCUT2D eigenvalue weighted by Gasteiger charge is -2.31. The largest absolute Gasteiger partial charge is 0.458 e. The molecule has 13 heteroatoms. The molecule has 0 aliphatic carbocycles. The Hall–Kier alpha value is -5.17. The second-order valence-electron chi connectivity index (χ2n) is 10.4. The zero-order valence-electron chi connectivity index (χ0n) is 23.1. The van der Waals surface area contributed by atoms with Crippen LogP contribution in [0.1, 0.15) is 32.8 Å². The molecule has 2 N–H and O–H groups in total. The quantitative estimate of drug-likeness (QED) is 0.112. The minimum Gasteiger partial charge on any atom is -0.458 e. The van der Waals surface area contributed by atoms with Crippen LogP contribution in [0.25, 0.3) is 0 Å². The Bertz CT molecular complexity index is 1450. The van der Waals surface area contributed by atoms with Crippen molar-refractivity contribution >= 4 is 29.3 Å². The van der Waals surface area contributed by atoms with Gasteiger partial charge in [-0.3, -0.25) is 25.0 Å². The summed E-state index contributed by atoms with van der Waals surface area (Å²) in [6.45, 7) is 4.70. The molecule has 2 atom stereocenters. The second kappa shape index (κ2) is 13.0. The van der Waals surface area contributed by atoms with Crippen molar-refractivity contribution in [2.45, 2.75) is 44.8 Å². The van der Waals surface area contributed by atoms with Crippen molar-refractivity contribution < 1.29 is 38.4 Å². The van der Waals surface area contributed by atoms with E-state index < -0.39 is 51.2 Å². The summed E-state index contributed by atoms with van der Waals surface area (Å²) < 4.78 is 16.2. The molecule has 220 valence electrons. The Kier molecular flexibility index (Phi) is 9.70. The normalized spacial score (nSPS) is 13.2. The molecule has 3 aromatic rings. The number of esters is 3. The van der Waals surface area contributed by atoms with Crippen LogP contribution in [0.5, 0.6) is 11.5 Å². The van der Waals surface area contributed by atoms with Gasteiger partial charge < -0.3 is 19.9 Å². The Labute approximate surface area is 240 Å². The third-order valence-electron chi connectivity index (χ3n) is 5.88. The van der Waals surface area contributed by atoms with Crippen molar-refractivity contribution in [3.8, 4) is 11.5 Å². The average molecular weight is 580 g/mol. The molecule has 0 bridgehead atoms. The van der Waals surface area contributed by atoms with Crippen LogP contribution in [0, 0.1) is 26.1 Å². The highest BCUT2D eigenvalue weighted by Gasteiger charge is 2.50. The predicted octanol–water partition coefficient (Wildman–Crippen LogP) is 4.30. The first kappa shape index (κ1) is 31.4. The standard InChI is InChI=1S/C29H29N3O10/c1-28(2,3)42-27(35)29(30,26(34)41-24-15-11-22(12-16-24)32(38)39)18-20(17-19-7-5-4-6-8-19)25(33)40-23-13-9-21(10-14-23)31(36)37/h4-16,20H,17-18,30H2,1-3H3/t20?,29-/m0/s1. The molecule has 0 saturated carbocycles. The molecule has 0 fully saturated rings. The number of ether oxygens (including phenoxy) is 3. The molecule has 0 radical (unpaired) electrons. The van der Waals surface area contributed by atoms with Gasteiger partial charge in [0, 0.05) is 30.7 Å². The fourth-order valence-electron chi connectivity index (χ4n) is 3.81. The van der Waals surface area contributed by atoms with Crippen LogP contribution < -0.4 is 15.2 Å². The van der Waals surface area contributed by atoms with E-state index in [4.69, 9.17) is 19.9 Å². The number of hydrogen-bond donors (Lipinski definition) is 1. The van der Waals surface area contributed by atoms with E-state index in [0.717, 1.165) is 36.4 Å². The second-order valence-corrected chi connectivity index (χ2v) is 10.4. The molecule has 3 aromatic carbocycles. The monoisotopic (exact) mass is 579 g/mol. The van der Waals surface area contributed by atoms with Crippen LogP contribution in [0.2, 0.25) is 0 Å². The van der Waals surface area contributed by atoms with Gasteiger partial charge in [-0.05, 0) is 57.0 Å². The van der Waals surface area contributed by atoms with Gasteiger partial charge in [-0.15, -0.1) is 0 Å². The highest BCUT2D eigenvalue weighted by molar-refractivity contribution is 6.06. The zero-order chi connectivity index (χ0) is 31.1. The van der Waals surface area contributed by atoms with Crippen LogP contribution in [0.15, 0.2) is 78.9 Å². The SMILES string of the molecule is CC(C)(C)OC(=O)[C@](N)(CC(Cc1ccccc1)C(=O)Oc1ccc([N+](=O)[O-])cc1)C(=O)Oc1ccc([N+](=O)[O-])cc1. The summed E-state index contributed by atoms with van der Waals surface area (Å²) in [6, 6.07) is 18.0. The van der Waals surface area contributed by atoms with Gasteiger partial charge in [0.15, 0.2) is 0 Å². The molecule has 0 saturated heterocycles. The maximum atomic E-state index is 13.5. The van der Waals surface area contributed by atoms with E-state index in [0.29, 0.717) is 5.56 Å². The van der Waals surface area contributed by atoms with E-state index >= 15 is 0 Å². The van der Waals surface area contributed by atoms with Crippen molar-refractivity contribution in [3.63, 3.8) is 0 Å². The van der Waals surface area contributed by atoms with Gasteiger partial charge in [-0.2, -0.15) is 0 Å². The molecule has 13 nitrogen and oxygen atoms in total. The minimum absolute atomic E-state index is 0.000780. The lowest BCUT2D eigenvalue weighted by atomic mass is 9.84. The Morgan fingerprint density at radius 2 is 1.24 bits per heavy atom. The van der Waals surface area contributed by atoms with Gasteiger partial charge >= 0.3 is 17.9 Å². The number of nitro benzene ring substituents is 2. The maximum absolute atomic E-state index is 13.5. The first-order valence-corrected chi connectivity index (χ1v) is 12.7. The van der Waals surface area contributed by atoms with Gasteiger partial charge in [0.25, 0.3) is 11.4 Å². The van der Waals surface area contributed by atoms with Crippen LogP contribution >= 0.6 is 0 Å². The zero-order valence-corrected chi connectivity index (χ0v) is 23.1. The van der Waals surface area contributed by atoms with Gasteiger partial charge in [-0.25, -0.2) is 9.59 Å². The van der Waals surface area contributed by atoms with E-state index in [1.54, 1.807) is 51.1 Å². The molecule has 42 heavy (non-hydrogen) atoms. The molecular weight excluding hydrogens is 550 g/mol. The van der Waals surface area contributed by atoms with Gasteiger partial charge in [0.05, 0.1) is 15.8 Å². The number of carbonyl (C=O) groups is 3. The Balaban J connectivity index is 1.96. The number of rotatable bonds is 11. The lowest BCUT2D eigenvalue weighted by molar-refractivity contribution is -0.385. The molecule has 3 rings (SSSR count). The fourth-order valence-corrected chi connectivity index (χ4v) is 3.81. The molecule has 0 aliphatic rings. The molecule has 0 heterocycles. The Morgan fingerprint density at radius 3 is 1.69 bits per heavy atom. The molecule has 0 spiro atoms. The van der Waals surface area contributed by atoms with Gasteiger partial charge in [-0.1, -0.05) is 30.3 Å². The van der Waals surface area contributed by atoms with Gasteiger partial charge in [0.2, 0.25) is 5.54 Å². The van der Waals surface area contributed by atoms with E-state index in [1.807, 2.05) is 0 Å². The molecule has 1 unspecified atom stereocenters. The van der Waals surface area contributed by atoms with Crippen molar-refractivity contribution in [2.24, 2.45) is 11.7 Å². The summed E-state index contributed by atoms with van der Waals surface area (Å²) >= 11 is 0. The lowest BCUT2D eigenvalue weighted by Crippen LogP contribution is -2.60. The number of nitrogens with two attached hydrogens (primary N) is 1. The Morgan fingerprint density at radius 1 is 0.762 bits per heavy atom. The number of hydrogen-bond acceptors (Lipinski definition) is 11. The summed E-state index contributed by atoms with van der Waals surface area (Å²) in [7, 11) is 0. The van der Waals surface area contributed by atoms with Gasteiger partial charge in [0.1, 0.15) is 17.1 Å². The van der Waals surface area contributed by atoms with Crippen LogP contribution in [-0.4, -0.2) is 38.9 Å². The van der Waals surface area contributed by atoms with Crippen LogP contribution in [0.3, 0.4) is 0 Å². The highest BCUT2D eigenvalue weighted by atomic mass is 16.6. The summed E-state index contributed by atoms with van der Waals surface area (Å²) in [5, 5.41) is 21.9. The number of carbonyl (C=O) groups excluding carboxylic acids is 3. The number of non-ortho nitro benzene ring substituents is 2. The summed E-state index contributed by atoms with van der Waals surface area (Å²) in [4.78, 5) is 61.0. The first-order valence-electron chi connectivity index (χ1n) is 12.7. The van der Waals surface area contributed by atoms with E-state index in [9.17, 15) is 34.6 Å². The van der Waals surface area contributed by atoms with Crippen molar-refractivity contribution in [1.29, 1.82) is 0 Å². The number of benzene rings is 3. The first-order chi connectivity index (χ1) is 19.7. The minimum atomic E-state index is -2.51. The average Bonchev–Trinajstić information content (AvgIpc) is 2.92. The topological polar surface area (TPSA) is 191 Å². The molecular formula is C29H29N3O10. The number of nitrogens with zero attached hydrogens (tertiary/aromatic N) is 2. The van der Waals surface area contributed by atoms with Crippen LogP contribution in [0.4, 0.5) is 11.4 Å². The molecule has 0 aromatic heterocycles. The predicted molar refractivity (Wildman–Crippen MR) is 148 cm³/mol. The number of nitro groups is 2. The fraction of sp³-hybridized carbons (Fsp3) is 0.276. The van der Waals surface area contributed by atoms with Crippen molar-refractivity contribution in [2.75, 3.05) is 0 Å². The van der Waals surface area contributed by atoms with E-state index in [-0.39, 0.29) is 29.3 Å². The smallest absolute Gasteiger partial charge is 0.343 e. The van der Waals surface area contributed by atoms with Crippen LogP contribution in [-0.2, 0) is 25.5 Å². The highest BCUT2D eigenvalue weighted by Crippen LogP contribution is 2.28. The van der Waals surface area contributed by atoms with E-state index in [1.165, 1.54) is 12.1 Å². The summed E-state index contributed by atoms with van der Waals surface area (Å²) in [5.41, 5.74) is 3.04. The molecule has 0 amide bonds. The molecule has 0 aliphatic heterocycles. The third kappa shape index (κ3) is 8.41. The summed E-state index contributed by atoms with van der Waals surface area (Å²) in [6.07, 6.45) is -0.604. The van der Waals surface area contributed by atoms with Crippen molar-refractivity contribution in [3.05, 3.63) is 105 Å². The van der Waals surface area contributed by atoms with E-state index in [2.05, 4.69) is 0 Å². The maximum Gasteiger partial charge on any atom is 0.343 e.